The molecule has 4 aromatic carbocycles. The molecule has 0 atom stereocenters. The van der Waals surface area contributed by atoms with Gasteiger partial charge in [0.25, 0.3) is 0 Å². The van der Waals surface area contributed by atoms with Crippen molar-refractivity contribution in [2.45, 2.75) is 0 Å². The zero-order valence-corrected chi connectivity index (χ0v) is 17.0. The standard InChI is InChI=1S/C28H16N4/c1-2-8-18-15-25-20(13-17(18)7-1)21-14-19(22-9-5-6-12-29-22)16-26-27(21)32(25)28-30-23-10-3-4-11-24(23)31(26)28/h1-16H. The van der Waals surface area contributed by atoms with E-state index in [2.05, 4.69) is 86.6 Å². The number of pyridine rings is 1. The average Bonchev–Trinajstić information content (AvgIpc) is 3.48. The summed E-state index contributed by atoms with van der Waals surface area (Å²) in [6.45, 7) is 0. The van der Waals surface area contributed by atoms with Gasteiger partial charge in [0.1, 0.15) is 0 Å². The van der Waals surface area contributed by atoms with E-state index in [1.54, 1.807) is 0 Å². The Hall–Kier alpha value is -4.44. The van der Waals surface area contributed by atoms with Gasteiger partial charge in [-0.25, -0.2) is 4.98 Å². The van der Waals surface area contributed by atoms with Crippen LogP contribution >= 0.6 is 0 Å². The molecule has 0 saturated carbocycles. The number of fused-ring (bicyclic) bond motifs is 9. The summed E-state index contributed by atoms with van der Waals surface area (Å²) in [5.41, 5.74) is 7.78. The predicted octanol–water partition coefficient (Wildman–Crippen LogP) is 6.70. The van der Waals surface area contributed by atoms with Crippen LogP contribution in [-0.2, 0) is 0 Å². The number of benzene rings is 4. The van der Waals surface area contributed by atoms with E-state index >= 15 is 0 Å². The van der Waals surface area contributed by atoms with Crippen molar-refractivity contribution >= 4 is 54.9 Å². The number of hydrogen-bond donors (Lipinski definition) is 0. The molecular weight excluding hydrogens is 392 g/mol. The molecule has 148 valence electrons. The van der Waals surface area contributed by atoms with Crippen molar-refractivity contribution < 1.29 is 0 Å². The van der Waals surface area contributed by atoms with Gasteiger partial charge >= 0.3 is 0 Å². The van der Waals surface area contributed by atoms with E-state index in [1.807, 2.05) is 24.4 Å². The second-order valence-corrected chi connectivity index (χ2v) is 8.39. The van der Waals surface area contributed by atoms with Crippen LogP contribution in [0.2, 0.25) is 0 Å². The Morgan fingerprint density at radius 1 is 0.594 bits per heavy atom. The number of imidazole rings is 2. The maximum atomic E-state index is 5.05. The second kappa shape index (κ2) is 5.62. The maximum Gasteiger partial charge on any atom is 0.220 e. The van der Waals surface area contributed by atoms with Gasteiger partial charge in [0, 0.05) is 22.5 Å². The Morgan fingerprint density at radius 3 is 2.28 bits per heavy atom. The van der Waals surface area contributed by atoms with Crippen LogP contribution in [0.3, 0.4) is 0 Å². The molecule has 4 heterocycles. The summed E-state index contributed by atoms with van der Waals surface area (Å²) in [7, 11) is 0. The third-order valence-corrected chi connectivity index (χ3v) is 6.65. The minimum atomic E-state index is 0.953. The molecule has 4 nitrogen and oxygen atoms in total. The van der Waals surface area contributed by atoms with Crippen molar-refractivity contribution in [1.82, 2.24) is 18.8 Å². The largest absolute Gasteiger partial charge is 0.277 e. The van der Waals surface area contributed by atoms with Crippen LogP contribution in [0.25, 0.3) is 66.2 Å². The summed E-state index contributed by atoms with van der Waals surface area (Å²) < 4.78 is 4.62. The van der Waals surface area contributed by atoms with Crippen LogP contribution in [0.1, 0.15) is 0 Å². The van der Waals surface area contributed by atoms with Crippen molar-refractivity contribution in [3.05, 3.63) is 97.2 Å². The molecule has 0 saturated heterocycles. The quantitative estimate of drug-likeness (QED) is 0.303. The molecule has 0 N–H and O–H groups in total. The lowest BCUT2D eigenvalue weighted by Crippen LogP contribution is -1.86. The molecule has 4 aromatic heterocycles. The van der Waals surface area contributed by atoms with Gasteiger partial charge in [0.15, 0.2) is 0 Å². The molecule has 8 aromatic rings. The lowest BCUT2D eigenvalue weighted by atomic mass is 10.0. The monoisotopic (exact) mass is 408 g/mol. The van der Waals surface area contributed by atoms with Gasteiger partial charge in [-0.05, 0) is 59.3 Å². The summed E-state index contributed by atoms with van der Waals surface area (Å²) in [6, 6.07) is 32.1. The highest BCUT2D eigenvalue weighted by Crippen LogP contribution is 2.40. The highest BCUT2D eigenvalue weighted by atomic mass is 15.2. The van der Waals surface area contributed by atoms with E-state index in [0.29, 0.717) is 0 Å². The molecule has 4 heteroatoms. The SMILES string of the molecule is c1ccc(-c2cc3c4cc5ccccc5cc4n4c3c(c2)n2c3ccccc3nc24)nc1. The molecule has 0 aliphatic rings. The lowest BCUT2D eigenvalue weighted by Gasteiger charge is -2.04. The highest BCUT2D eigenvalue weighted by Gasteiger charge is 2.22. The van der Waals surface area contributed by atoms with E-state index in [4.69, 9.17) is 4.98 Å². The third-order valence-electron chi connectivity index (χ3n) is 6.65. The average molecular weight is 408 g/mol. The Labute approximate surface area is 182 Å². The summed E-state index contributed by atoms with van der Waals surface area (Å²) >= 11 is 0. The molecule has 0 aliphatic carbocycles. The molecule has 32 heavy (non-hydrogen) atoms. The second-order valence-electron chi connectivity index (χ2n) is 8.39. The van der Waals surface area contributed by atoms with Crippen LogP contribution in [0, 0.1) is 0 Å². The Morgan fingerprint density at radius 2 is 1.41 bits per heavy atom. The first-order chi connectivity index (χ1) is 15.9. The van der Waals surface area contributed by atoms with E-state index in [0.717, 1.165) is 33.6 Å². The molecule has 0 spiro atoms. The summed E-state index contributed by atoms with van der Waals surface area (Å²) in [6.07, 6.45) is 1.85. The molecule has 0 unspecified atom stereocenters. The zero-order valence-electron chi connectivity index (χ0n) is 17.0. The number of para-hydroxylation sites is 2. The lowest BCUT2D eigenvalue weighted by molar-refractivity contribution is 1.22. The van der Waals surface area contributed by atoms with Crippen molar-refractivity contribution in [3.63, 3.8) is 0 Å². The van der Waals surface area contributed by atoms with Crippen LogP contribution in [0.15, 0.2) is 97.2 Å². The summed E-state index contributed by atoms with van der Waals surface area (Å²) in [4.78, 5) is 9.69. The van der Waals surface area contributed by atoms with Gasteiger partial charge in [-0.15, -0.1) is 0 Å². The molecule has 0 bridgehead atoms. The highest BCUT2D eigenvalue weighted by molar-refractivity contribution is 6.19. The number of nitrogens with zero attached hydrogens (tertiary/aromatic N) is 4. The van der Waals surface area contributed by atoms with E-state index in [1.165, 1.54) is 32.6 Å². The Kier molecular flexibility index (Phi) is 2.86. The molecule has 0 aliphatic heterocycles. The van der Waals surface area contributed by atoms with Crippen molar-refractivity contribution in [2.24, 2.45) is 0 Å². The Bertz CT molecular complexity index is 1980. The number of aromatic nitrogens is 4. The first-order valence-corrected chi connectivity index (χ1v) is 10.8. The fraction of sp³-hybridized carbons (Fsp3) is 0. The van der Waals surface area contributed by atoms with E-state index in [9.17, 15) is 0 Å². The van der Waals surface area contributed by atoms with E-state index < -0.39 is 0 Å². The normalized spacial score (nSPS) is 12.4. The van der Waals surface area contributed by atoms with Crippen LogP contribution in [0.5, 0.6) is 0 Å². The fourth-order valence-electron chi connectivity index (χ4n) is 5.27. The Balaban J connectivity index is 1.68. The van der Waals surface area contributed by atoms with Crippen LogP contribution < -0.4 is 0 Å². The minimum absolute atomic E-state index is 0.953. The van der Waals surface area contributed by atoms with Gasteiger partial charge in [-0.2, -0.15) is 0 Å². The van der Waals surface area contributed by atoms with Crippen molar-refractivity contribution in [1.29, 1.82) is 0 Å². The van der Waals surface area contributed by atoms with Gasteiger partial charge in [0.05, 0.1) is 33.3 Å². The first kappa shape index (κ1) is 16.3. The molecule has 0 radical (unpaired) electrons. The fourth-order valence-corrected chi connectivity index (χ4v) is 5.27. The predicted molar refractivity (Wildman–Crippen MR) is 131 cm³/mol. The summed E-state index contributed by atoms with van der Waals surface area (Å²) in [5.74, 6) is 0.953. The third kappa shape index (κ3) is 1.92. The van der Waals surface area contributed by atoms with Gasteiger partial charge in [-0.1, -0.05) is 42.5 Å². The minimum Gasteiger partial charge on any atom is -0.277 e. The molecule has 8 rings (SSSR count). The smallest absolute Gasteiger partial charge is 0.220 e. The zero-order chi connectivity index (χ0) is 20.8. The maximum absolute atomic E-state index is 5.05. The number of rotatable bonds is 1. The van der Waals surface area contributed by atoms with Gasteiger partial charge in [-0.3, -0.25) is 13.8 Å². The van der Waals surface area contributed by atoms with Crippen molar-refractivity contribution in [2.75, 3.05) is 0 Å². The molecule has 0 amide bonds. The summed E-state index contributed by atoms with van der Waals surface area (Å²) in [5, 5.41) is 4.97. The van der Waals surface area contributed by atoms with Crippen LogP contribution in [-0.4, -0.2) is 18.8 Å². The van der Waals surface area contributed by atoms with Crippen LogP contribution in [0.4, 0.5) is 0 Å². The van der Waals surface area contributed by atoms with Gasteiger partial charge in [0.2, 0.25) is 5.78 Å². The van der Waals surface area contributed by atoms with E-state index in [-0.39, 0.29) is 0 Å². The number of hydrogen-bond acceptors (Lipinski definition) is 2. The van der Waals surface area contributed by atoms with Crippen molar-refractivity contribution in [3.8, 4) is 11.3 Å². The first-order valence-electron chi connectivity index (χ1n) is 10.8. The van der Waals surface area contributed by atoms with Gasteiger partial charge < -0.3 is 0 Å². The topological polar surface area (TPSA) is 34.6 Å². The molecular formula is C28H16N4. The molecule has 0 fully saturated rings.